The summed E-state index contributed by atoms with van der Waals surface area (Å²) in [5, 5.41) is 15.9. The monoisotopic (exact) mass is 707 g/mol. The Hall–Kier alpha value is -4.86. The highest BCUT2D eigenvalue weighted by Gasteiger charge is 2.47. The third-order valence-electron chi connectivity index (χ3n) is 7.39. The van der Waals surface area contributed by atoms with Crippen molar-refractivity contribution in [3.8, 4) is 0 Å². The van der Waals surface area contributed by atoms with Crippen LogP contribution in [0.2, 0.25) is 0 Å². The fourth-order valence-corrected chi connectivity index (χ4v) is 4.90. The van der Waals surface area contributed by atoms with E-state index in [-0.39, 0.29) is 33.0 Å². The molecule has 4 rings (SSSR count). The largest absolute Gasteiger partial charge is 0.461 e. The number of aliphatic hydroxyl groups excluding tert-OH is 1. The first-order chi connectivity index (χ1) is 24.9. The Labute approximate surface area is 297 Å². The number of rotatable bonds is 16. The van der Waals surface area contributed by atoms with E-state index in [1.807, 2.05) is 49.4 Å². The maximum absolute atomic E-state index is 12.8. The van der Waals surface area contributed by atoms with Gasteiger partial charge in [0, 0.05) is 13.2 Å². The summed E-state index contributed by atoms with van der Waals surface area (Å²) in [6.07, 6.45) is -5.97. The van der Waals surface area contributed by atoms with Crippen LogP contribution < -0.4 is 10.6 Å². The van der Waals surface area contributed by atoms with E-state index in [0.29, 0.717) is 13.0 Å². The summed E-state index contributed by atoms with van der Waals surface area (Å²) in [5.41, 5.74) is 2.39. The molecule has 2 amide bonds. The number of hydrogen-bond donors (Lipinski definition) is 3. The number of guanidine groups is 1. The van der Waals surface area contributed by atoms with Crippen LogP contribution in [0.15, 0.2) is 96.0 Å². The van der Waals surface area contributed by atoms with Gasteiger partial charge in [0.05, 0.1) is 6.61 Å². The Kier molecular flexibility index (Phi) is 16.3. The van der Waals surface area contributed by atoms with Crippen LogP contribution in [0.25, 0.3) is 0 Å². The highest BCUT2D eigenvalue weighted by atomic mass is 16.7. The topological polar surface area (TPSA) is 172 Å². The Balaban J connectivity index is 1.37. The second-order valence-corrected chi connectivity index (χ2v) is 11.3. The van der Waals surface area contributed by atoms with Crippen molar-refractivity contribution in [2.45, 2.75) is 70.8 Å². The molecule has 1 fully saturated rings. The molecule has 0 saturated carbocycles. The predicted molar refractivity (Wildman–Crippen MR) is 184 cm³/mol. The Morgan fingerprint density at radius 3 is 1.75 bits per heavy atom. The summed E-state index contributed by atoms with van der Waals surface area (Å²) in [7, 11) is 0. The smallest absolute Gasteiger partial charge is 0.414 e. The van der Waals surface area contributed by atoms with Gasteiger partial charge in [0.25, 0.3) is 0 Å². The number of ether oxygens (including phenoxy) is 7. The van der Waals surface area contributed by atoms with E-state index in [1.165, 1.54) is 0 Å². The maximum atomic E-state index is 12.8. The number of nitrogens with one attached hydrogen (secondary N) is 2. The first-order valence-corrected chi connectivity index (χ1v) is 16.7. The number of alkyl carbamates (subject to hydrolysis) is 2. The second-order valence-electron chi connectivity index (χ2n) is 11.3. The fourth-order valence-electron chi connectivity index (χ4n) is 4.90. The molecular weight excluding hydrogens is 662 g/mol. The normalized spacial score (nSPS) is 19.7. The average Bonchev–Trinajstić information content (AvgIpc) is 3.15. The number of amides is 2. The van der Waals surface area contributed by atoms with Crippen LogP contribution in [0, 0.1) is 0 Å². The molecule has 0 spiro atoms. The summed E-state index contributed by atoms with van der Waals surface area (Å²) in [6, 6.07) is 27.5. The molecule has 1 aliphatic heterocycles. The number of esters is 1. The van der Waals surface area contributed by atoms with E-state index in [1.54, 1.807) is 55.5 Å². The van der Waals surface area contributed by atoms with Crippen LogP contribution in [0.3, 0.4) is 0 Å². The third-order valence-corrected chi connectivity index (χ3v) is 7.39. The van der Waals surface area contributed by atoms with Crippen molar-refractivity contribution in [1.29, 1.82) is 0 Å². The molecular formula is C37H45N3O11. The maximum Gasteiger partial charge on any atom is 0.414 e. The molecule has 5 atom stereocenters. The van der Waals surface area contributed by atoms with Crippen LogP contribution in [0.1, 0.15) is 37.0 Å². The van der Waals surface area contributed by atoms with E-state index in [2.05, 4.69) is 15.6 Å². The van der Waals surface area contributed by atoms with Crippen LogP contribution in [0.5, 0.6) is 0 Å². The first kappa shape index (κ1) is 38.9. The third kappa shape index (κ3) is 13.4. The van der Waals surface area contributed by atoms with Crippen molar-refractivity contribution in [3.63, 3.8) is 0 Å². The van der Waals surface area contributed by atoms with E-state index in [4.69, 9.17) is 33.2 Å². The van der Waals surface area contributed by atoms with Crippen molar-refractivity contribution in [1.82, 2.24) is 10.6 Å². The fraction of sp³-hybridized carbons (Fsp3) is 0.405. The Morgan fingerprint density at radius 1 is 0.706 bits per heavy atom. The van der Waals surface area contributed by atoms with Gasteiger partial charge in [-0.3, -0.25) is 15.4 Å². The molecule has 3 aromatic rings. The molecule has 3 N–H and O–H groups in total. The highest BCUT2D eigenvalue weighted by molar-refractivity contribution is 6.01. The number of hydrogen-bond acceptors (Lipinski definition) is 12. The van der Waals surface area contributed by atoms with Crippen molar-refractivity contribution >= 4 is 24.1 Å². The molecule has 0 bridgehead atoms. The minimum absolute atomic E-state index is 0.0476. The average molecular weight is 708 g/mol. The first-order valence-electron chi connectivity index (χ1n) is 16.7. The predicted octanol–water partition coefficient (Wildman–Crippen LogP) is 4.24. The van der Waals surface area contributed by atoms with E-state index in [9.17, 15) is 19.5 Å². The SMILES string of the molecule is CCCO[C@H]1[C@H](O)[C@@H](COC(=O)CN=C(NC(=O)OCc2ccccc2)NC(=O)OCc2ccccc2)OC(OCC)[C@@H]1OCc1ccccc1. The van der Waals surface area contributed by atoms with Gasteiger partial charge in [-0.25, -0.2) is 14.6 Å². The minimum Gasteiger partial charge on any atom is -0.461 e. The van der Waals surface area contributed by atoms with Crippen LogP contribution >= 0.6 is 0 Å². The van der Waals surface area contributed by atoms with Crippen molar-refractivity contribution in [2.24, 2.45) is 4.99 Å². The van der Waals surface area contributed by atoms with Crippen LogP contribution in [-0.2, 0) is 57.8 Å². The second kappa shape index (κ2) is 21.4. The zero-order valence-corrected chi connectivity index (χ0v) is 28.7. The van der Waals surface area contributed by atoms with E-state index < -0.39 is 61.4 Å². The Bertz CT molecular complexity index is 1450. The quantitative estimate of drug-likeness (QED) is 0.0842. The molecule has 1 saturated heterocycles. The lowest BCUT2D eigenvalue weighted by Crippen LogP contribution is -2.61. The van der Waals surface area contributed by atoms with Gasteiger partial charge >= 0.3 is 18.2 Å². The minimum atomic E-state index is -1.23. The lowest BCUT2D eigenvalue weighted by Gasteiger charge is -2.43. The molecule has 0 aliphatic carbocycles. The van der Waals surface area contributed by atoms with Gasteiger partial charge in [0.1, 0.15) is 50.8 Å². The molecule has 0 aromatic heterocycles. The van der Waals surface area contributed by atoms with Gasteiger partial charge in [-0.1, -0.05) is 97.9 Å². The van der Waals surface area contributed by atoms with Crippen molar-refractivity contribution < 1.29 is 52.6 Å². The number of aliphatic imine (C=N–C) groups is 1. The number of carbonyl (C=O) groups excluding carboxylic acids is 3. The molecule has 274 valence electrons. The van der Waals surface area contributed by atoms with Crippen LogP contribution in [0.4, 0.5) is 9.59 Å². The summed E-state index contributed by atoms with van der Waals surface area (Å²) < 4.78 is 39.8. The van der Waals surface area contributed by atoms with E-state index >= 15 is 0 Å². The van der Waals surface area contributed by atoms with Crippen molar-refractivity contribution in [3.05, 3.63) is 108 Å². The van der Waals surface area contributed by atoms with Gasteiger partial charge in [0.2, 0.25) is 5.96 Å². The Morgan fingerprint density at radius 2 is 1.24 bits per heavy atom. The van der Waals surface area contributed by atoms with Gasteiger partial charge < -0.3 is 38.3 Å². The highest BCUT2D eigenvalue weighted by Crippen LogP contribution is 2.28. The molecule has 3 aromatic carbocycles. The number of carbonyl (C=O) groups is 3. The zero-order valence-electron chi connectivity index (χ0n) is 28.7. The van der Waals surface area contributed by atoms with Gasteiger partial charge in [-0.15, -0.1) is 0 Å². The number of benzene rings is 3. The summed E-state index contributed by atoms with van der Waals surface area (Å²) in [4.78, 5) is 41.9. The standard InChI is InChI=1S/C37H45N3O11/c1-3-20-46-32-31(42)29(51-34(45-4-2)33(32)48-22-26-14-8-5-9-15-26)25-47-30(41)21-38-35(39-36(43)49-23-27-16-10-6-11-17-27)40-37(44)50-24-28-18-12-7-13-19-28/h5-19,29,31-34,42H,3-4,20-25H2,1-2H3,(H2,38,39,40,43,44)/t29-,31-,32+,33-,34?/m1/s1. The number of nitrogens with zero attached hydrogens (tertiary/aromatic N) is 1. The van der Waals surface area contributed by atoms with Crippen LogP contribution in [-0.4, -0.2) is 86.3 Å². The summed E-state index contributed by atoms with van der Waals surface area (Å²) in [6.45, 7) is 3.52. The molecule has 14 nitrogen and oxygen atoms in total. The molecule has 1 unspecified atom stereocenters. The van der Waals surface area contributed by atoms with Gasteiger partial charge in [-0.2, -0.15) is 0 Å². The summed E-state index contributed by atoms with van der Waals surface area (Å²) >= 11 is 0. The lowest BCUT2D eigenvalue weighted by atomic mass is 9.98. The van der Waals surface area contributed by atoms with Gasteiger partial charge in [0.15, 0.2) is 6.29 Å². The zero-order chi connectivity index (χ0) is 36.3. The molecule has 51 heavy (non-hydrogen) atoms. The van der Waals surface area contributed by atoms with E-state index in [0.717, 1.165) is 16.7 Å². The summed E-state index contributed by atoms with van der Waals surface area (Å²) in [5.74, 6) is -1.25. The molecule has 14 heteroatoms. The number of aliphatic hydroxyl groups is 1. The molecule has 1 heterocycles. The van der Waals surface area contributed by atoms with Crippen molar-refractivity contribution in [2.75, 3.05) is 26.4 Å². The lowest BCUT2D eigenvalue weighted by molar-refractivity contribution is -0.317. The molecule has 0 radical (unpaired) electrons. The van der Waals surface area contributed by atoms with Gasteiger partial charge in [-0.05, 0) is 30.0 Å². The molecule has 1 aliphatic rings.